The Bertz CT molecular complexity index is 693. The minimum Gasteiger partial charge on any atom is -0.338 e. The molecule has 0 N–H and O–H groups in total. The van der Waals surface area contributed by atoms with Gasteiger partial charge in [-0.1, -0.05) is 13.3 Å². The van der Waals surface area contributed by atoms with Crippen LogP contribution in [0.1, 0.15) is 63.2 Å². The fourth-order valence-corrected chi connectivity index (χ4v) is 3.74. The Morgan fingerprint density at radius 3 is 2.58 bits per heavy atom. The molecule has 3 rings (SSSR count). The van der Waals surface area contributed by atoms with E-state index < -0.39 is 5.54 Å². The van der Waals surface area contributed by atoms with Crippen LogP contribution in [0.25, 0.3) is 0 Å². The van der Waals surface area contributed by atoms with Crippen molar-refractivity contribution in [1.29, 1.82) is 0 Å². The zero-order valence-electron chi connectivity index (χ0n) is 15.8. The molecule has 1 aromatic heterocycles. The fraction of sp³-hybridized carbons (Fsp3) is 0.632. The van der Waals surface area contributed by atoms with E-state index in [1.807, 2.05) is 18.7 Å². The number of hydrogen-bond donors (Lipinski definition) is 0. The van der Waals surface area contributed by atoms with Gasteiger partial charge in [0.15, 0.2) is 0 Å². The second-order valence-electron chi connectivity index (χ2n) is 7.36. The maximum absolute atomic E-state index is 13.1. The van der Waals surface area contributed by atoms with Crippen molar-refractivity contribution in [3.8, 4) is 0 Å². The zero-order valence-corrected chi connectivity index (χ0v) is 15.8. The van der Waals surface area contributed by atoms with E-state index in [2.05, 4.69) is 17.1 Å². The molecule has 0 unspecified atom stereocenters. The Kier molecular flexibility index (Phi) is 5.34. The summed E-state index contributed by atoms with van der Waals surface area (Å²) in [4.78, 5) is 34.3. The van der Waals surface area contributed by atoms with Crippen molar-refractivity contribution in [3.05, 3.63) is 24.0 Å². The third kappa shape index (κ3) is 3.34. The highest BCUT2D eigenvalue weighted by Crippen LogP contribution is 2.36. The summed E-state index contributed by atoms with van der Waals surface area (Å²) in [5, 5.41) is 7.48. The first kappa shape index (κ1) is 18.5. The summed E-state index contributed by atoms with van der Waals surface area (Å²) in [5.74, 6) is 0.970. The second kappa shape index (κ2) is 7.51. The van der Waals surface area contributed by atoms with Crippen LogP contribution in [0.3, 0.4) is 0 Å². The van der Waals surface area contributed by atoms with Gasteiger partial charge in [-0.25, -0.2) is 0 Å². The summed E-state index contributed by atoms with van der Waals surface area (Å²) < 4.78 is 0. The monoisotopic (exact) mass is 357 g/mol. The SMILES string of the molecule is CCCCC1=NC2(CCN(C(=O)c3ccnnc3)CC2)C(=O)N1C(C)C. The van der Waals surface area contributed by atoms with E-state index in [-0.39, 0.29) is 17.9 Å². The van der Waals surface area contributed by atoms with E-state index in [4.69, 9.17) is 4.99 Å². The maximum atomic E-state index is 13.1. The number of aromatic nitrogens is 2. The van der Waals surface area contributed by atoms with Crippen molar-refractivity contribution in [1.82, 2.24) is 20.0 Å². The molecule has 0 radical (unpaired) electrons. The van der Waals surface area contributed by atoms with Crippen LogP contribution >= 0.6 is 0 Å². The number of aliphatic imine (C=N–C) groups is 1. The minimum absolute atomic E-state index is 0.0592. The molecule has 0 bridgehead atoms. The number of amides is 2. The lowest BCUT2D eigenvalue weighted by Crippen LogP contribution is -2.52. The number of unbranched alkanes of at least 4 members (excludes halogenated alkanes) is 1. The van der Waals surface area contributed by atoms with Crippen LogP contribution in [0.4, 0.5) is 0 Å². The van der Waals surface area contributed by atoms with Crippen LogP contribution in [-0.4, -0.2) is 62.3 Å². The topological polar surface area (TPSA) is 78.8 Å². The van der Waals surface area contributed by atoms with Crippen LogP contribution in [0.15, 0.2) is 23.5 Å². The molecule has 140 valence electrons. The molecule has 2 aliphatic rings. The standard InChI is InChI=1S/C19H27N5O2/c1-4-5-6-16-22-19(18(26)24(16)14(2)3)8-11-23(12-9-19)17(25)15-7-10-20-21-13-15/h7,10,13-14H,4-6,8-9,11-12H2,1-3H3. The minimum atomic E-state index is -0.680. The molecule has 0 saturated carbocycles. The molecule has 1 fully saturated rings. The first-order valence-corrected chi connectivity index (χ1v) is 9.47. The van der Waals surface area contributed by atoms with Gasteiger partial charge in [-0.3, -0.25) is 19.5 Å². The van der Waals surface area contributed by atoms with E-state index >= 15 is 0 Å². The van der Waals surface area contributed by atoms with Crippen molar-refractivity contribution in [2.24, 2.45) is 4.99 Å². The third-order valence-electron chi connectivity index (χ3n) is 5.22. The summed E-state index contributed by atoms with van der Waals surface area (Å²) in [6.07, 6.45) is 7.11. The van der Waals surface area contributed by atoms with Crippen LogP contribution in [0.5, 0.6) is 0 Å². The molecular weight excluding hydrogens is 330 g/mol. The van der Waals surface area contributed by atoms with E-state index in [0.717, 1.165) is 25.1 Å². The van der Waals surface area contributed by atoms with Crippen LogP contribution in [0, 0.1) is 0 Å². The molecule has 26 heavy (non-hydrogen) atoms. The Morgan fingerprint density at radius 1 is 1.27 bits per heavy atom. The first-order chi connectivity index (χ1) is 12.5. The number of piperidine rings is 1. The van der Waals surface area contributed by atoms with Crippen LogP contribution in [0.2, 0.25) is 0 Å². The molecule has 0 aromatic carbocycles. The van der Waals surface area contributed by atoms with E-state index in [1.54, 1.807) is 11.0 Å². The molecule has 3 heterocycles. The summed E-state index contributed by atoms with van der Waals surface area (Å²) in [6, 6.07) is 1.78. The Labute approximate surface area is 154 Å². The Balaban J connectivity index is 1.73. The van der Waals surface area contributed by atoms with E-state index in [0.29, 0.717) is 31.5 Å². The highest BCUT2D eigenvalue weighted by molar-refractivity contribution is 6.08. The van der Waals surface area contributed by atoms with Crippen molar-refractivity contribution >= 4 is 17.6 Å². The fourth-order valence-electron chi connectivity index (χ4n) is 3.74. The molecule has 7 nitrogen and oxygen atoms in total. The lowest BCUT2D eigenvalue weighted by atomic mass is 9.87. The number of rotatable bonds is 5. The highest BCUT2D eigenvalue weighted by atomic mass is 16.2. The summed E-state index contributed by atoms with van der Waals surface area (Å²) in [6.45, 7) is 7.28. The largest absolute Gasteiger partial charge is 0.338 e. The number of likely N-dealkylation sites (tertiary alicyclic amines) is 1. The van der Waals surface area contributed by atoms with Gasteiger partial charge in [0.1, 0.15) is 11.4 Å². The maximum Gasteiger partial charge on any atom is 0.256 e. The number of carbonyl (C=O) groups is 2. The molecule has 1 saturated heterocycles. The highest BCUT2D eigenvalue weighted by Gasteiger charge is 2.50. The van der Waals surface area contributed by atoms with Crippen molar-refractivity contribution in [3.63, 3.8) is 0 Å². The molecule has 1 spiro atoms. The Hall–Kier alpha value is -2.31. The van der Waals surface area contributed by atoms with Gasteiger partial charge < -0.3 is 4.90 Å². The number of carbonyl (C=O) groups excluding carboxylic acids is 2. The van der Waals surface area contributed by atoms with Gasteiger partial charge in [0.2, 0.25) is 0 Å². The van der Waals surface area contributed by atoms with Gasteiger partial charge in [0.05, 0.1) is 18.0 Å². The summed E-state index contributed by atoms with van der Waals surface area (Å²) >= 11 is 0. The smallest absolute Gasteiger partial charge is 0.256 e. The predicted molar refractivity (Wildman–Crippen MR) is 98.8 cm³/mol. The normalized spacial score (nSPS) is 19.4. The second-order valence-corrected chi connectivity index (χ2v) is 7.36. The lowest BCUT2D eigenvalue weighted by molar-refractivity contribution is -0.133. The van der Waals surface area contributed by atoms with Crippen LogP contribution in [-0.2, 0) is 4.79 Å². The van der Waals surface area contributed by atoms with Crippen LogP contribution < -0.4 is 0 Å². The zero-order chi connectivity index (χ0) is 18.7. The van der Waals surface area contributed by atoms with Crippen molar-refractivity contribution in [2.45, 2.75) is 64.5 Å². The molecule has 2 aliphatic heterocycles. The van der Waals surface area contributed by atoms with Gasteiger partial charge in [-0.2, -0.15) is 10.2 Å². The summed E-state index contributed by atoms with van der Waals surface area (Å²) in [5.41, 5.74) is -0.148. The number of nitrogens with zero attached hydrogens (tertiary/aromatic N) is 5. The molecule has 0 aliphatic carbocycles. The van der Waals surface area contributed by atoms with E-state index in [9.17, 15) is 9.59 Å². The van der Waals surface area contributed by atoms with Crippen molar-refractivity contribution in [2.75, 3.05) is 13.1 Å². The quantitative estimate of drug-likeness (QED) is 0.810. The predicted octanol–water partition coefficient (Wildman–Crippen LogP) is 2.29. The number of amidine groups is 1. The average molecular weight is 357 g/mol. The average Bonchev–Trinajstić information content (AvgIpc) is 2.92. The van der Waals surface area contributed by atoms with Gasteiger partial charge in [0.25, 0.3) is 11.8 Å². The molecule has 0 atom stereocenters. The van der Waals surface area contributed by atoms with E-state index in [1.165, 1.54) is 12.4 Å². The van der Waals surface area contributed by atoms with Gasteiger partial charge in [0, 0.05) is 25.6 Å². The summed E-state index contributed by atoms with van der Waals surface area (Å²) in [7, 11) is 0. The Morgan fingerprint density at radius 2 is 2.00 bits per heavy atom. The molecule has 1 aromatic rings. The number of hydrogen-bond acceptors (Lipinski definition) is 5. The van der Waals surface area contributed by atoms with Crippen molar-refractivity contribution < 1.29 is 9.59 Å². The molecular formula is C19H27N5O2. The van der Waals surface area contributed by atoms with Gasteiger partial charge in [-0.05, 0) is 39.2 Å². The lowest BCUT2D eigenvalue weighted by Gasteiger charge is -2.36. The molecule has 7 heteroatoms. The van der Waals surface area contributed by atoms with Gasteiger partial charge in [-0.15, -0.1) is 0 Å². The molecule has 2 amide bonds. The van der Waals surface area contributed by atoms with Gasteiger partial charge >= 0.3 is 0 Å². The first-order valence-electron chi connectivity index (χ1n) is 9.47. The third-order valence-corrected chi connectivity index (χ3v) is 5.22.